The van der Waals surface area contributed by atoms with Gasteiger partial charge in [0.05, 0.1) is 32.6 Å². The van der Waals surface area contributed by atoms with Gasteiger partial charge in [0.1, 0.15) is 17.0 Å². The summed E-state index contributed by atoms with van der Waals surface area (Å²) in [6, 6.07) is 6.14. The normalized spacial score (nSPS) is 17.7. The number of halogens is 1. The molecule has 3 rings (SSSR count). The third-order valence-corrected chi connectivity index (χ3v) is 5.34. The van der Waals surface area contributed by atoms with Crippen LogP contribution in [0.1, 0.15) is 34.8 Å². The maximum atomic E-state index is 13.7. The molecule has 32 heavy (non-hydrogen) atoms. The van der Waals surface area contributed by atoms with E-state index in [-0.39, 0.29) is 31.1 Å². The molecule has 0 saturated heterocycles. The molecule has 1 aliphatic rings. The molecule has 1 aromatic carbocycles. The molecule has 0 aliphatic carbocycles. The van der Waals surface area contributed by atoms with Crippen molar-refractivity contribution in [1.82, 2.24) is 15.1 Å². The summed E-state index contributed by atoms with van der Waals surface area (Å²) < 4.78 is 16.8. The van der Waals surface area contributed by atoms with Crippen LogP contribution >= 0.6 is 11.6 Å². The van der Waals surface area contributed by atoms with Crippen LogP contribution < -0.4 is 15.0 Å². The fourth-order valence-corrected chi connectivity index (χ4v) is 3.73. The number of fused-ring (bicyclic) bond motifs is 1. The van der Waals surface area contributed by atoms with Gasteiger partial charge in [-0.15, -0.1) is 0 Å². The summed E-state index contributed by atoms with van der Waals surface area (Å²) in [5.41, 5.74) is -0.970. The molecule has 11 heteroatoms. The average molecular weight is 465 g/mol. The zero-order valence-corrected chi connectivity index (χ0v) is 19.1. The fraction of sp³-hybridized carbons (Fsp3) is 0.429. The Bertz CT molecular complexity index is 1040. The summed E-state index contributed by atoms with van der Waals surface area (Å²) in [6.07, 6.45) is 0. The molecule has 1 aromatic heterocycles. The number of ether oxygens (including phenoxy) is 3. The van der Waals surface area contributed by atoms with E-state index in [1.807, 2.05) is 0 Å². The van der Waals surface area contributed by atoms with Gasteiger partial charge in [0.2, 0.25) is 5.91 Å². The Kier molecular flexibility index (Phi) is 7.05. The van der Waals surface area contributed by atoms with Crippen LogP contribution in [0.2, 0.25) is 5.02 Å². The lowest BCUT2D eigenvalue weighted by molar-refractivity contribution is -0.126. The van der Waals surface area contributed by atoms with E-state index in [0.717, 1.165) is 0 Å². The highest BCUT2D eigenvalue weighted by Crippen LogP contribution is 2.39. The molecule has 2 aromatic rings. The standard InChI is InChI=1S/C21H25ClN4O6/c1-5-32-19(28)14-11-16-18(27)26(15-10-13(22)6-7-17(15)31-4)21(2,12-25(16)24-14)20(29)23-8-9-30-3/h6-7,10-11H,5,8-9,12H2,1-4H3,(H,23,29)/t21-/m0/s1. The van der Waals surface area contributed by atoms with Gasteiger partial charge in [-0.3, -0.25) is 19.2 Å². The lowest BCUT2D eigenvalue weighted by atomic mass is 9.93. The van der Waals surface area contributed by atoms with Gasteiger partial charge in [0.25, 0.3) is 5.91 Å². The Hall–Kier alpha value is -3.11. The zero-order chi connectivity index (χ0) is 23.5. The van der Waals surface area contributed by atoms with Crippen molar-refractivity contribution < 1.29 is 28.6 Å². The molecule has 0 saturated carbocycles. The van der Waals surface area contributed by atoms with E-state index in [0.29, 0.717) is 23.1 Å². The van der Waals surface area contributed by atoms with Gasteiger partial charge in [-0.1, -0.05) is 11.6 Å². The number of esters is 1. The maximum absolute atomic E-state index is 13.7. The van der Waals surface area contributed by atoms with Crippen molar-refractivity contribution in [3.63, 3.8) is 0 Å². The van der Waals surface area contributed by atoms with E-state index in [1.54, 1.807) is 32.0 Å². The first-order valence-corrected chi connectivity index (χ1v) is 10.3. The number of carbonyl (C=O) groups excluding carboxylic acids is 3. The van der Waals surface area contributed by atoms with Gasteiger partial charge >= 0.3 is 5.97 Å². The Labute approximate surface area is 190 Å². The van der Waals surface area contributed by atoms with Crippen LogP contribution in [0.4, 0.5) is 5.69 Å². The van der Waals surface area contributed by atoms with Crippen LogP contribution in [0, 0.1) is 0 Å². The summed E-state index contributed by atoms with van der Waals surface area (Å²) in [6.45, 7) is 3.99. The van der Waals surface area contributed by atoms with Crippen LogP contribution in [-0.4, -0.2) is 67.1 Å². The van der Waals surface area contributed by atoms with Crippen LogP contribution in [0.25, 0.3) is 0 Å². The van der Waals surface area contributed by atoms with E-state index < -0.39 is 23.3 Å². The van der Waals surface area contributed by atoms with Crippen molar-refractivity contribution in [3.8, 4) is 5.75 Å². The summed E-state index contributed by atoms with van der Waals surface area (Å²) >= 11 is 6.21. The quantitative estimate of drug-likeness (QED) is 0.469. The maximum Gasteiger partial charge on any atom is 0.358 e. The minimum Gasteiger partial charge on any atom is -0.495 e. The van der Waals surface area contributed by atoms with Crippen molar-refractivity contribution >= 4 is 35.1 Å². The number of benzene rings is 1. The second-order valence-corrected chi connectivity index (χ2v) is 7.71. The van der Waals surface area contributed by atoms with Gasteiger partial charge in [0.15, 0.2) is 5.69 Å². The third-order valence-electron chi connectivity index (χ3n) is 5.10. The van der Waals surface area contributed by atoms with Crippen LogP contribution in [0.5, 0.6) is 5.75 Å². The number of hydrogen-bond acceptors (Lipinski definition) is 7. The lowest BCUT2D eigenvalue weighted by Gasteiger charge is -2.43. The molecule has 0 bridgehead atoms. The Morgan fingerprint density at radius 2 is 2.03 bits per heavy atom. The lowest BCUT2D eigenvalue weighted by Crippen LogP contribution is -2.64. The first-order chi connectivity index (χ1) is 15.3. The van der Waals surface area contributed by atoms with E-state index >= 15 is 0 Å². The van der Waals surface area contributed by atoms with Crippen molar-refractivity contribution in [2.45, 2.75) is 25.9 Å². The summed E-state index contributed by atoms with van der Waals surface area (Å²) in [5.74, 6) is -1.26. The van der Waals surface area contributed by atoms with Crippen LogP contribution in [0.3, 0.4) is 0 Å². The smallest absolute Gasteiger partial charge is 0.358 e. The highest BCUT2D eigenvalue weighted by Gasteiger charge is 2.50. The van der Waals surface area contributed by atoms with E-state index in [4.69, 9.17) is 25.8 Å². The summed E-state index contributed by atoms with van der Waals surface area (Å²) in [4.78, 5) is 40.5. The number of amides is 2. The SMILES string of the molecule is CCOC(=O)c1cc2n(n1)C[C@@](C)(C(=O)NCCOC)N(c1cc(Cl)ccc1OC)C2=O. The second kappa shape index (κ2) is 9.58. The number of aromatic nitrogens is 2. The molecular formula is C21H25ClN4O6. The van der Waals surface area contributed by atoms with Crippen molar-refractivity contribution in [3.05, 3.63) is 40.7 Å². The van der Waals surface area contributed by atoms with Crippen LogP contribution in [0.15, 0.2) is 24.3 Å². The first-order valence-electron chi connectivity index (χ1n) is 9.97. The van der Waals surface area contributed by atoms with E-state index in [9.17, 15) is 14.4 Å². The number of methoxy groups -OCH3 is 2. The number of rotatable bonds is 8. The largest absolute Gasteiger partial charge is 0.495 e. The third kappa shape index (κ3) is 4.28. The fourth-order valence-electron chi connectivity index (χ4n) is 3.56. The number of nitrogens with one attached hydrogen (secondary N) is 1. The highest BCUT2D eigenvalue weighted by molar-refractivity contribution is 6.31. The molecule has 0 fully saturated rings. The van der Waals surface area contributed by atoms with Gasteiger partial charge in [0, 0.05) is 24.7 Å². The topological polar surface area (TPSA) is 112 Å². The Balaban J connectivity index is 2.13. The van der Waals surface area contributed by atoms with Crippen LogP contribution in [-0.2, 0) is 20.8 Å². The highest BCUT2D eigenvalue weighted by atomic mass is 35.5. The van der Waals surface area contributed by atoms with Gasteiger partial charge < -0.3 is 19.5 Å². The molecule has 1 atom stereocenters. The molecule has 2 heterocycles. The minimum absolute atomic E-state index is 0.0119. The molecule has 0 unspecified atom stereocenters. The van der Waals surface area contributed by atoms with Crippen molar-refractivity contribution in [2.75, 3.05) is 38.9 Å². The minimum atomic E-state index is -1.41. The van der Waals surface area contributed by atoms with Gasteiger partial charge in [-0.25, -0.2) is 4.79 Å². The molecule has 10 nitrogen and oxygen atoms in total. The van der Waals surface area contributed by atoms with Gasteiger partial charge in [-0.05, 0) is 32.0 Å². The van der Waals surface area contributed by atoms with Crippen molar-refractivity contribution in [2.24, 2.45) is 0 Å². The van der Waals surface area contributed by atoms with E-state index in [1.165, 1.54) is 29.9 Å². The molecule has 1 N–H and O–H groups in total. The number of anilines is 1. The van der Waals surface area contributed by atoms with E-state index in [2.05, 4.69) is 10.4 Å². The molecule has 2 amide bonds. The average Bonchev–Trinajstić information content (AvgIpc) is 3.18. The predicted molar refractivity (Wildman–Crippen MR) is 116 cm³/mol. The molecule has 0 radical (unpaired) electrons. The number of carbonyl (C=O) groups is 3. The van der Waals surface area contributed by atoms with Gasteiger partial charge in [-0.2, -0.15) is 5.10 Å². The zero-order valence-electron chi connectivity index (χ0n) is 18.3. The molecular weight excluding hydrogens is 440 g/mol. The summed E-state index contributed by atoms with van der Waals surface area (Å²) in [7, 11) is 2.98. The molecule has 172 valence electrons. The summed E-state index contributed by atoms with van der Waals surface area (Å²) in [5, 5.41) is 7.36. The Morgan fingerprint density at radius 3 is 2.69 bits per heavy atom. The predicted octanol–water partition coefficient (Wildman–Crippen LogP) is 1.90. The molecule has 0 spiro atoms. The number of nitrogens with zero attached hydrogens (tertiary/aromatic N) is 3. The first kappa shape index (κ1) is 23.6. The Morgan fingerprint density at radius 1 is 1.28 bits per heavy atom. The molecule has 1 aliphatic heterocycles. The monoisotopic (exact) mass is 464 g/mol. The number of hydrogen-bond donors (Lipinski definition) is 1. The van der Waals surface area contributed by atoms with Crippen molar-refractivity contribution in [1.29, 1.82) is 0 Å². The second-order valence-electron chi connectivity index (χ2n) is 7.27.